The molecule has 0 aliphatic rings. The molecule has 5 heterocycles. The number of fused-ring (bicyclic) bond motifs is 13. The van der Waals surface area contributed by atoms with E-state index in [2.05, 4.69) is 215 Å². The second-order valence-corrected chi connectivity index (χ2v) is 17.6. The normalized spacial score (nSPS) is 12.1. The summed E-state index contributed by atoms with van der Waals surface area (Å²) in [4.78, 5) is 11.0. The molecule has 63 heavy (non-hydrogen) atoms. The van der Waals surface area contributed by atoms with Crippen molar-refractivity contribution in [2.75, 3.05) is 0 Å². The second kappa shape index (κ2) is 13.2. The van der Waals surface area contributed by atoms with Crippen molar-refractivity contribution in [1.29, 1.82) is 0 Å². The minimum Gasteiger partial charge on any atom is -0.308 e. The molecule has 0 saturated heterocycles. The van der Waals surface area contributed by atoms with Crippen LogP contribution in [0.3, 0.4) is 0 Å². The van der Waals surface area contributed by atoms with Crippen molar-refractivity contribution in [3.05, 3.63) is 206 Å². The van der Waals surface area contributed by atoms with Gasteiger partial charge in [-0.1, -0.05) is 164 Å². The summed E-state index contributed by atoms with van der Waals surface area (Å²) in [7, 11) is 0. The number of hydrogen-bond acceptors (Lipinski definition) is 3. The molecule has 0 bridgehead atoms. The van der Waals surface area contributed by atoms with E-state index in [9.17, 15) is 0 Å². The Kier molecular flexibility index (Phi) is 7.24. The van der Waals surface area contributed by atoms with Gasteiger partial charge < -0.3 is 4.40 Å². The molecule has 0 radical (unpaired) electrons. The van der Waals surface area contributed by atoms with Gasteiger partial charge in [0.05, 0.1) is 37.8 Å². The Balaban J connectivity index is 1.14. The second-order valence-electron chi connectivity index (χ2n) is 16.5. The Morgan fingerprint density at radius 3 is 1.60 bits per heavy atom. The van der Waals surface area contributed by atoms with Gasteiger partial charge in [-0.15, -0.1) is 11.3 Å². The van der Waals surface area contributed by atoms with E-state index >= 15 is 0 Å². The summed E-state index contributed by atoms with van der Waals surface area (Å²) < 4.78 is 7.21. The van der Waals surface area contributed by atoms with E-state index < -0.39 is 0 Å². The summed E-state index contributed by atoms with van der Waals surface area (Å²) in [6, 6.07) is 74.7. The lowest BCUT2D eigenvalue weighted by Gasteiger charge is -2.12. The summed E-state index contributed by atoms with van der Waals surface area (Å²) in [5.41, 5.74) is 15.0. The fourth-order valence-corrected chi connectivity index (χ4v) is 11.3. The van der Waals surface area contributed by atoms with Gasteiger partial charge in [-0.2, -0.15) is 0 Å². The zero-order valence-electron chi connectivity index (χ0n) is 33.8. The molecule has 14 aromatic rings. The van der Waals surface area contributed by atoms with E-state index in [1.54, 1.807) is 11.3 Å². The van der Waals surface area contributed by atoms with Crippen LogP contribution < -0.4 is 0 Å². The molecule has 5 heteroatoms. The van der Waals surface area contributed by atoms with E-state index in [4.69, 9.17) is 9.97 Å². The molecule has 0 atom stereocenters. The van der Waals surface area contributed by atoms with E-state index in [0.29, 0.717) is 5.82 Å². The molecule has 4 nitrogen and oxygen atoms in total. The average molecular weight is 819 g/mol. The van der Waals surface area contributed by atoms with Gasteiger partial charge in [-0.05, 0) is 75.8 Å². The Hall–Kier alpha value is -8.12. The zero-order valence-corrected chi connectivity index (χ0v) is 34.6. The highest BCUT2D eigenvalue weighted by atomic mass is 32.1. The Morgan fingerprint density at radius 2 is 0.889 bits per heavy atom. The molecule has 0 unspecified atom stereocenters. The minimum absolute atomic E-state index is 0.705. The number of hydrogen-bond donors (Lipinski definition) is 0. The van der Waals surface area contributed by atoms with Crippen LogP contribution in [0.4, 0.5) is 0 Å². The van der Waals surface area contributed by atoms with E-state index in [0.717, 1.165) is 43.6 Å². The van der Waals surface area contributed by atoms with Crippen molar-refractivity contribution in [3.8, 4) is 50.6 Å². The molecule has 0 spiro atoms. The average Bonchev–Trinajstić information content (AvgIpc) is 4.10. The van der Waals surface area contributed by atoms with Gasteiger partial charge in [0.1, 0.15) is 0 Å². The van der Waals surface area contributed by atoms with Crippen molar-refractivity contribution >= 4 is 91.5 Å². The first-order valence-electron chi connectivity index (χ1n) is 21.4. The van der Waals surface area contributed by atoms with Crippen LogP contribution in [-0.2, 0) is 0 Å². The SMILES string of the molecule is c1ccc(-c2ccc(-c3nc(-n4c5ccc(-c6ccccc6)cc5c5c6c7ccccc7n7c8ccc(-c9ccccc9)cc8c(cc54)c67)c4sc5ccccc5c4n3)cc2)cc1. The summed E-state index contributed by atoms with van der Waals surface area (Å²) in [6.07, 6.45) is 0. The monoisotopic (exact) mass is 818 g/mol. The van der Waals surface area contributed by atoms with Crippen LogP contribution in [0, 0.1) is 0 Å². The van der Waals surface area contributed by atoms with Crippen LogP contribution >= 0.6 is 11.3 Å². The number of rotatable bonds is 5. The van der Waals surface area contributed by atoms with Gasteiger partial charge in [0.15, 0.2) is 11.6 Å². The van der Waals surface area contributed by atoms with Crippen molar-refractivity contribution in [3.63, 3.8) is 0 Å². The number of para-hydroxylation sites is 1. The predicted molar refractivity (Wildman–Crippen MR) is 266 cm³/mol. The van der Waals surface area contributed by atoms with Crippen molar-refractivity contribution in [1.82, 2.24) is 18.9 Å². The van der Waals surface area contributed by atoms with Crippen LogP contribution in [0.2, 0.25) is 0 Å². The molecule has 14 rings (SSSR count). The number of nitrogens with zero attached hydrogens (tertiary/aromatic N) is 4. The van der Waals surface area contributed by atoms with Gasteiger partial charge >= 0.3 is 0 Å². The predicted octanol–water partition coefficient (Wildman–Crippen LogP) is 15.8. The lowest BCUT2D eigenvalue weighted by Crippen LogP contribution is -2.01. The lowest BCUT2D eigenvalue weighted by molar-refractivity contribution is 1.08. The van der Waals surface area contributed by atoms with E-state index in [1.165, 1.54) is 81.4 Å². The molecule has 0 N–H and O–H groups in total. The van der Waals surface area contributed by atoms with Gasteiger partial charge in [0.2, 0.25) is 0 Å². The minimum atomic E-state index is 0.705. The third-order valence-electron chi connectivity index (χ3n) is 13.1. The van der Waals surface area contributed by atoms with Crippen molar-refractivity contribution in [2.24, 2.45) is 0 Å². The topological polar surface area (TPSA) is 35.1 Å². The largest absolute Gasteiger partial charge is 0.308 e. The maximum Gasteiger partial charge on any atom is 0.162 e. The Labute approximate surface area is 365 Å². The van der Waals surface area contributed by atoms with Gasteiger partial charge in [-0.25, -0.2) is 9.97 Å². The fraction of sp³-hybridized carbons (Fsp3) is 0. The standard InChI is InChI=1S/C58H34N4S/c1-4-14-35(15-5-1)38-24-26-39(27-25-38)57-59-54-43-21-11-13-23-51(43)63-56(54)58(60-57)62-49-31-29-41(37-18-8-3-9-19-37)33-46(49)52-50(62)34-45-44-32-40(36-16-6-2-7-17-36)28-30-48(44)61-47-22-12-10-20-42(47)53(52)55(45)61/h1-34H. The van der Waals surface area contributed by atoms with E-state index in [-0.39, 0.29) is 0 Å². The Morgan fingerprint density at radius 1 is 0.349 bits per heavy atom. The molecule has 0 aliphatic carbocycles. The third-order valence-corrected chi connectivity index (χ3v) is 14.2. The quantitative estimate of drug-likeness (QED) is 0.173. The number of thiophene rings is 1. The van der Waals surface area contributed by atoms with Gasteiger partial charge in [-0.3, -0.25) is 4.57 Å². The first-order valence-corrected chi connectivity index (χ1v) is 22.2. The van der Waals surface area contributed by atoms with Gasteiger partial charge in [0, 0.05) is 48.0 Å². The molecule has 0 saturated carbocycles. The smallest absolute Gasteiger partial charge is 0.162 e. The summed E-state index contributed by atoms with van der Waals surface area (Å²) in [6.45, 7) is 0. The Bertz CT molecular complexity index is 4110. The van der Waals surface area contributed by atoms with Crippen molar-refractivity contribution in [2.45, 2.75) is 0 Å². The highest BCUT2D eigenvalue weighted by molar-refractivity contribution is 7.26. The summed E-state index contributed by atoms with van der Waals surface area (Å²) in [5, 5.41) is 8.55. The highest BCUT2D eigenvalue weighted by Gasteiger charge is 2.27. The maximum absolute atomic E-state index is 5.65. The number of aromatic nitrogens is 4. The first-order chi connectivity index (χ1) is 31.2. The van der Waals surface area contributed by atoms with Crippen LogP contribution in [0.15, 0.2) is 206 Å². The molecule has 292 valence electrons. The zero-order chi connectivity index (χ0) is 41.2. The highest BCUT2D eigenvalue weighted by Crippen LogP contribution is 2.49. The van der Waals surface area contributed by atoms with E-state index in [1.807, 2.05) is 0 Å². The lowest BCUT2D eigenvalue weighted by atomic mass is 9.98. The van der Waals surface area contributed by atoms with Gasteiger partial charge in [0.25, 0.3) is 0 Å². The maximum atomic E-state index is 5.65. The molecular weight excluding hydrogens is 785 g/mol. The third kappa shape index (κ3) is 5.03. The van der Waals surface area contributed by atoms with Crippen molar-refractivity contribution < 1.29 is 0 Å². The van der Waals surface area contributed by atoms with Crippen LogP contribution in [0.5, 0.6) is 0 Å². The fourth-order valence-electron chi connectivity index (χ4n) is 10.2. The van der Waals surface area contributed by atoms with Crippen LogP contribution in [0.25, 0.3) is 131 Å². The molecular formula is C58H34N4S. The summed E-state index contributed by atoms with van der Waals surface area (Å²) in [5.74, 6) is 1.60. The van der Waals surface area contributed by atoms with Crippen LogP contribution in [0.1, 0.15) is 0 Å². The molecule has 9 aromatic carbocycles. The van der Waals surface area contributed by atoms with Crippen LogP contribution in [-0.4, -0.2) is 18.9 Å². The summed E-state index contributed by atoms with van der Waals surface area (Å²) >= 11 is 1.77. The first kappa shape index (κ1) is 34.6. The molecule has 5 aromatic heterocycles. The molecule has 0 aliphatic heterocycles. The molecule has 0 amide bonds. The molecule has 0 fully saturated rings. The number of benzene rings is 9.